The summed E-state index contributed by atoms with van der Waals surface area (Å²) in [4.78, 5) is 0. The van der Waals surface area contributed by atoms with Crippen LogP contribution in [0.5, 0.6) is 5.75 Å². The normalized spacial score (nSPS) is 12.5. The van der Waals surface area contributed by atoms with Gasteiger partial charge in [-0.05, 0) is 35.0 Å². The molecule has 6 nitrogen and oxygen atoms in total. The molecule has 6 heteroatoms. The number of hydrogen-bond acceptors (Lipinski definition) is 5. The highest BCUT2D eigenvalue weighted by Crippen LogP contribution is 2.18. The van der Waals surface area contributed by atoms with Crippen LogP contribution in [0, 0.1) is 0 Å². The average Bonchev–Trinajstić information content (AvgIpc) is 2.82. The summed E-state index contributed by atoms with van der Waals surface area (Å²) in [6.45, 7) is 2.49. The molecule has 0 saturated carbocycles. The highest BCUT2D eigenvalue weighted by atomic mass is 16.5. The van der Waals surface area contributed by atoms with Crippen LogP contribution in [0.4, 0.5) is 0 Å². The number of phenolic OH excluding ortho intramolecular Hbond substituents is 1. The molecule has 0 spiro atoms. The fourth-order valence-electron chi connectivity index (χ4n) is 1.61. The topological polar surface area (TPSA) is 73.1 Å². The van der Waals surface area contributed by atoms with Gasteiger partial charge in [-0.2, -0.15) is 0 Å². The number of nitrogens with zero attached hydrogens (tertiary/aromatic N) is 4. The van der Waals surface area contributed by atoms with Gasteiger partial charge in [-0.3, -0.25) is 0 Å². The van der Waals surface area contributed by atoms with Gasteiger partial charge in [0, 0.05) is 13.0 Å². The number of rotatable bonds is 5. The molecule has 0 fully saturated rings. The third-order valence-electron chi connectivity index (χ3n) is 2.34. The van der Waals surface area contributed by atoms with E-state index in [9.17, 15) is 5.11 Å². The lowest BCUT2D eigenvalue weighted by Gasteiger charge is -2.16. The largest absolute Gasteiger partial charge is 0.508 e. The zero-order chi connectivity index (χ0) is 12.1. The summed E-state index contributed by atoms with van der Waals surface area (Å²) in [5.74, 6) is 0.245. The van der Waals surface area contributed by atoms with E-state index in [0.717, 1.165) is 5.56 Å². The van der Waals surface area contributed by atoms with Crippen molar-refractivity contribution in [2.45, 2.75) is 19.6 Å². The smallest absolute Gasteiger partial charge is 0.157 e. The van der Waals surface area contributed by atoms with Crippen molar-refractivity contribution in [2.75, 3.05) is 6.61 Å². The molecule has 0 aliphatic carbocycles. The molecule has 0 unspecified atom stereocenters. The number of phenols is 1. The molecule has 0 bridgehead atoms. The van der Waals surface area contributed by atoms with Gasteiger partial charge in [0.15, 0.2) is 6.23 Å². The zero-order valence-corrected chi connectivity index (χ0v) is 9.52. The number of benzene rings is 1. The third-order valence-corrected chi connectivity index (χ3v) is 2.34. The molecule has 0 aliphatic rings. The highest BCUT2D eigenvalue weighted by Gasteiger charge is 2.13. The maximum absolute atomic E-state index is 9.40. The Morgan fingerprint density at radius 3 is 3.00 bits per heavy atom. The maximum atomic E-state index is 9.40. The van der Waals surface area contributed by atoms with Gasteiger partial charge in [0.1, 0.15) is 12.1 Å². The van der Waals surface area contributed by atoms with E-state index in [1.54, 1.807) is 22.9 Å². The van der Waals surface area contributed by atoms with Gasteiger partial charge in [-0.25, -0.2) is 4.68 Å². The van der Waals surface area contributed by atoms with Gasteiger partial charge in [0.05, 0.1) is 0 Å². The van der Waals surface area contributed by atoms with E-state index in [4.69, 9.17) is 4.74 Å². The molecular formula is C11H14N4O2. The van der Waals surface area contributed by atoms with Gasteiger partial charge in [-0.15, -0.1) is 5.10 Å². The Kier molecular flexibility index (Phi) is 3.66. The second-order valence-electron chi connectivity index (χ2n) is 3.57. The van der Waals surface area contributed by atoms with Crippen molar-refractivity contribution in [2.24, 2.45) is 0 Å². The summed E-state index contributed by atoms with van der Waals surface area (Å²) in [6.07, 6.45) is 1.87. The van der Waals surface area contributed by atoms with Crippen molar-refractivity contribution in [3.8, 4) is 5.75 Å². The van der Waals surface area contributed by atoms with E-state index in [-0.39, 0.29) is 12.0 Å². The van der Waals surface area contributed by atoms with Gasteiger partial charge in [-0.1, -0.05) is 12.1 Å². The van der Waals surface area contributed by atoms with Crippen LogP contribution < -0.4 is 0 Å². The van der Waals surface area contributed by atoms with Crippen LogP contribution in [-0.2, 0) is 11.2 Å². The Morgan fingerprint density at radius 1 is 1.47 bits per heavy atom. The minimum absolute atomic E-state index is 0.245. The van der Waals surface area contributed by atoms with E-state index in [1.807, 2.05) is 13.0 Å². The van der Waals surface area contributed by atoms with Crippen LogP contribution in [0.2, 0.25) is 0 Å². The van der Waals surface area contributed by atoms with Crippen LogP contribution in [-0.4, -0.2) is 31.9 Å². The molecular weight excluding hydrogens is 220 g/mol. The summed E-state index contributed by atoms with van der Waals surface area (Å²) in [7, 11) is 0. The minimum atomic E-state index is -0.253. The number of ether oxygens (including phenoxy) is 1. The minimum Gasteiger partial charge on any atom is -0.508 e. The highest BCUT2D eigenvalue weighted by molar-refractivity contribution is 5.27. The van der Waals surface area contributed by atoms with Crippen LogP contribution in [0.25, 0.3) is 0 Å². The number of tetrazole rings is 1. The molecule has 2 aromatic rings. The molecule has 0 aliphatic heterocycles. The average molecular weight is 234 g/mol. The molecule has 1 aromatic carbocycles. The summed E-state index contributed by atoms with van der Waals surface area (Å²) in [6, 6.07) is 7.07. The first-order valence-corrected chi connectivity index (χ1v) is 5.41. The lowest BCUT2D eigenvalue weighted by atomic mass is 10.1. The first-order valence-electron chi connectivity index (χ1n) is 5.41. The Hall–Kier alpha value is -1.95. The Balaban J connectivity index is 2.13. The van der Waals surface area contributed by atoms with Crippen LogP contribution >= 0.6 is 0 Å². The second-order valence-corrected chi connectivity index (χ2v) is 3.57. The summed E-state index contributed by atoms with van der Waals surface area (Å²) in [5.41, 5.74) is 0.971. The van der Waals surface area contributed by atoms with E-state index in [2.05, 4.69) is 15.5 Å². The first-order chi connectivity index (χ1) is 8.29. The van der Waals surface area contributed by atoms with E-state index in [0.29, 0.717) is 13.0 Å². The SMILES string of the molecule is CCO[C@@H](Cc1cccc(O)c1)n1cnnn1. The molecule has 90 valence electrons. The summed E-state index contributed by atoms with van der Waals surface area (Å²) >= 11 is 0. The van der Waals surface area contributed by atoms with Crippen molar-refractivity contribution in [1.82, 2.24) is 20.2 Å². The molecule has 0 radical (unpaired) electrons. The fraction of sp³-hybridized carbons (Fsp3) is 0.364. The zero-order valence-electron chi connectivity index (χ0n) is 9.52. The predicted molar refractivity (Wildman–Crippen MR) is 60.3 cm³/mol. The predicted octanol–water partition coefficient (Wildman–Crippen LogP) is 1.16. The Bertz CT molecular complexity index is 458. The Labute approximate surface area is 98.8 Å². The molecule has 0 amide bonds. The molecule has 1 N–H and O–H groups in total. The van der Waals surface area contributed by atoms with Crippen molar-refractivity contribution < 1.29 is 9.84 Å². The van der Waals surface area contributed by atoms with Crippen molar-refractivity contribution in [3.05, 3.63) is 36.2 Å². The van der Waals surface area contributed by atoms with Crippen LogP contribution in [0.3, 0.4) is 0 Å². The van der Waals surface area contributed by atoms with Crippen molar-refractivity contribution in [1.29, 1.82) is 0 Å². The quantitative estimate of drug-likeness (QED) is 0.840. The fourth-order valence-corrected chi connectivity index (χ4v) is 1.61. The maximum Gasteiger partial charge on any atom is 0.157 e. The second kappa shape index (κ2) is 5.40. The van der Waals surface area contributed by atoms with Gasteiger partial charge >= 0.3 is 0 Å². The van der Waals surface area contributed by atoms with Crippen LogP contribution in [0.15, 0.2) is 30.6 Å². The standard InChI is InChI=1S/C11H14N4O2/c1-2-17-11(15-8-12-13-14-15)7-9-4-3-5-10(16)6-9/h3-6,8,11,16H,2,7H2,1H3/t11-/m0/s1. The summed E-state index contributed by atoms with van der Waals surface area (Å²) < 4.78 is 7.13. The van der Waals surface area contributed by atoms with E-state index in [1.165, 1.54) is 6.33 Å². The van der Waals surface area contributed by atoms with Gasteiger partial charge in [0.2, 0.25) is 0 Å². The lowest BCUT2D eigenvalue weighted by molar-refractivity contribution is 0.000609. The Morgan fingerprint density at radius 2 is 2.35 bits per heavy atom. The lowest BCUT2D eigenvalue weighted by Crippen LogP contribution is -2.16. The van der Waals surface area contributed by atoms with Gasteiger partial charge < -0.3 is 9.84 Å². The number of aromatic hydroxyl groups is 1. The molecule has 0 saturated heterocycles. The number of aromatic nitrogens is 4. The van der Waals surface area contributed by atoms with E-state index < -0.39 is 0 Å². The monoisotopic (exact) mass is 234 g/mol. The van der Waals surface area contributed by atoms with E-state index >= 15 is 0 Å². The summed E-state index contributed by atoms with van der Waals surface area (Å²) in [5, 5.41) is 20.4. The van der Waals surface area contributed by atoms with Crippen LogP contribution in [0.1, 0.15) is 18.7 Å². The molecule has 1 heterocycles. The molecule has 17 heavy (non-hydrogen) atoms. The molecule has 1 aromatic heterocycles. The van der Waals surface area contributed by atoms with Crippen molar-refractivity contribution in [3.63, 3.8) is 0 Å². The molecule has 1 atom stereocenters. The third kappa shape index (κ3) is 3.01. The van der Waals surface area contributed by atoms with Crippen molar-refractivity contribution >= 4 is 0 Å². The van der Waals surface area contributed by atoms with Gasteiger partial charge in [0.25, 0.3) is 0 Å². The molecule has 2 rings (SSSR count). The number of hydrogen-bond donors (Lipinski definition) is 1. The first kappa shape index (κ1) is 11.5.